The number of rotatable bonds is 10. The van der Waals surface area contributed by atoms with Crippen molar-refractivity contribution in [2.24, 2.45) is 0 Å². The molecule has 3 rings (SSSR count). The zero-order valence-electron chi connectivity index (χ0n) is 21.1. The van der Waals surface area contributed by atoms with Crippen molar-refractivity contribution in [3.05, 3.63) is 83.1 Å². The van der Waals surface area contributed by atoms with E-state index in [1.807, 2.05) is 0 Å². The molecular weight excluding hydrogens is 503 g/mol. The number of carbonyl (C=O) groups excluding carboxylic acids is 1. The minimum Gasteiger partial charge on any atom is -0.504 e. The third kappa shape index (κ3) is 6.58. The molecule has 0 unspecified atom stereocenters. The van der Waals surface area contributed by atoms with E-state index >= 15 is 0 Å². The van der Waals surface area contributed by atoms with Crippen LogP contribution in [0.1, 0.15) is 27.0 Å². The second kappa shape index (κ2) is 12.1. The van der Waals surface area contributed by atoms with Crippen LogP contribution in [-0.4, -0.2) is 39.3 Å². The number of ketones is 1. The number of benzene rings is 3. The first-order valence-corrected chi connectivity index (χ1v) is 11.1. The first-order valence-electron chi connectivity index (χ1n) is 11.1. The molecule has 0 radical (unpaired) electrons. The van der Waals surface area contributed by atoms with Crippen LogP contribution in [0.15, 0.2) is 60.8 Å². The topological polar surface area (TPSA) is 86.3 Å². The van der Waals surface area contributed by atoms with Gasteiger partial charge in [0.15, 0.2) is 28.8 Å². The Labute approximate surface area is 217 Å². The van der Waals surface area contributed by atoms with Crippen LogP contribution in [0.3, 0.4) is 0 Å². The molecule has 0 saturated heterocycles. The quantitative estimate of drug-likeness (QED) is 0.136. The fourth-order valence-electron chi connectivity index (χ4n) is 3.52. The number of halogens is 3. The van der Waals surface area contributed by atoms with Gasteiger partial charge in [-0.2, -0.15) is 13.2 Å². The lowest BCUT2D eigenvalue weighted by Crippen LogP contribution is -2.05. The normalized spacial score (nSPS) is 11.6. The van der Waals surface area contributed by atoms with Crippen LogP contribution >= 0.6 is 0 Å². The summed E-state index contributed by atoms with van der Waals surface area (Å²) >= 11 is 0. The van der Waals surface area contributed by atoms with Gasteiger partial charge in [0.2, 0.25) is 5.75 Å². The Bertz CT molecular complexity index is 1320. The summed E-state index contributed by atoms with van der Waals surface area (Å²) in [5.74, 6) is 0.970. The average Bonchev–Trinajstić information content (AvgIpc) is 2.91. The molecule has 0 atom stereocenters. The van der Waals surface area contributed by atoms with Crippen molar-refractivity contribution in [1.29, 1.82) is 0 Å². The van der Waals surface area contributed by atoms with Crippen molar-refractivity contribution < 1.29 is 42.0 Å². The Morgan fingerprint density at radius 1 is 0.842 bits per heavy atom. The van der Waals surface area contributed by atoms with Crippen LogP contribution in [0, 0.1) is 0 Å². The summed E-state index contributed by atoms with van der Waals surface area (Å²) in [6, 6.07) is 10.4. The van der Waals surface area contributed by atoms with Gasteiger partial charge in [-0.3, -0.25) is 4.79 Å². The number of methoxy groups -OCH3 is 4. The highest BCUT2D eigenvalue weighted by Gasteiger charge is 2.30. The van der Waals surface area contributed by atoms with Crippen molar-refractivity contribution in [3.63, 3.8) is 0 Å². The zero-order valence-corrected chi connectivity index (χ0v) is 21.1. The number of ether oxygens (including phenoxy) is 4. The number of hydrogen-bond donors (Lipinski definition) is 2. The third-order valence-electron chi connectivity index (χ3n) is 5.46. The van der Waals surface area contributed by atoms with Crippen molar-refractivity contribution in [1.82, 2.24) is 0 Å². The van der Waals surface area contributed by atoms with Crippen molar-refractivity contribution >= 4 is 23.6 Å². The Morgan fingerprint density at radius 2 is 1.45 bits per heavy atom. The van der Waals surface area contributed by atoms with Crippen LogP contribution in [-0.2, 0) is 6.18 Å². The summed E-state index contributed by atoms with van der Waals surface area (Å²) in [5.41, 5.74) is 1.01. The maximum atomic E-state index is 12.8. The van der Waals surface area contributed by atoms with Crippen molar-refractivity contribution in [2.45, 2.75) is 6.18 Å². The summed E-state index contributed by atoms with van der Waals surface area (Å²) in [5, 5.41) is 13.3. The summed E-state index contributed by atoms with van der Waals surface area (Å²) in [7, 11) is 5.91. The van der Waals surface area contributed by atoms with Gasteiger partial charge in [-0.1, -0.05) is 24.3 Å². The van der Waals surface area contributed by atoms with E-state index in [-0.39, 0.29) is 17.1 Å². The minimum atomic E-state index is -4.48. The summed E-state index contributed by atoms with van der Waals surface area (Å²) in [6.45, 7) is 0. The molecule has 0 bridgehead atoms. The highest BCUT2D eigenvalue weighted by atomic mass is 19.4. The SMILES string of the molecule is COc1cc(NC=CC(=O)c2ccc(C(F)(F)F)cc2)c(C=Cc2cc(OC)c(OC)c(OC)c2)cc1O. The molecule has 0 heterocycles. The first kappa shape index (κ1) is 28.0. The van der Waals surface area contributed by atoms with Crippen molar-refractivity contribution in [3.8, 4) is 28.7 Å². The van der Waals surface area contributed by atoms with E-state index in [9.17, 15) is 23.1 Å². The number of aromatic hydroxyl groups is 1. The molecule has 38 heavy (non-hydrogen) atoms. The molecular formula is C28H26F3NO6. The second-order valence-electron chi connectivity index (χ2n) is 7.82. The van der Waals surface area contributed by atoms with Gasteiger partial charge in [-0.05, 0) is 35.9 Å². The number of anilines is 1. The molecule has 2 N–H and O–H groups in total. The fraction of sp³-hybridized carbons (Fsp3) is 0.179. The van der Waals surface area contributed by atoms with E-state index in [1.54, 1.807) is 24.3 Å². The van der Waals surface area contributed by atoms with Crippen LogP contribution < -0.4 is 24.3 Å². The van der Waals surface area contributed by atoms with Gasteiger partial charge in [-0.15, -0.1) is 0 Å². The zero-order chi connectivity index (χ0) is 27.9. The molecule has 3 aromatic carbocycles. The predicted octanol–water partition coefficient (Wildman–Crippen LogP) is 6.42. The lowest BCUT2D eigenvalue weighted by molar-refractivity contribution is -0.137. The fourth-order valence-corrected chi connectivity index (χ4v) is 3.52. The molecule has 0 aliphatic carbocycles. The Kier molecular flexibility index (Phi) is 8.90. The van der Waals surface area contributed by atoms with Gasteiger partial charge < -0.3 is 29.4 Å². The van der Waals surface area contributed by atoms with E-state index in [2.05, 4.69) is 5.32 Å². The predicted molar refractivity (Wildman–Crippen MR) is 138 cm³/mol. The maximum Gasteiger partial charge on any atom is 0.416 e. The first-order chi connectivity index (χ1) is 18.1. The number of allylic oxidation sites excluding steroid dienone is 1. The molecule has 0 aromatic heterocycles. The van der Waals surface area contributed by atoms with Crippen LogP contribution in [0.25, 0.3) is 12.2 Å². The Balaban J connectivity index is 1.87. The van der Waals surface area contributed by atoms with E-state index in [1.165, 1.54) is 52.8 Å². The van der Waals surface area contributed by atoms with Crippen LogP contribution in [0.2, 0.25) is 0 Å². The minimum absolute atomic E-state index is 0.0989. The molecule has 0 aliphatic rings. The van der Waals surface area contributed by atoms with Crippen LogP contribution in [0.4, 0.5) is 18.9 Å². The molecule has 7 nitrogen and oxygen atoms in total. The van der Waals surface area contributed by atoms with Crippen molar-refractivity contribution in [2.75, 3.05) is 33.8 Å². The lowest BCUT2D eigenvalue weighted by atomic mass is 10.1. The van der Waals surface area contributed by atoms with E-state index in [0.29, 0.717) is 34.1 Å². The lowest BCUT2D eigenvalue weighted by Gasteiger charge is -2.13. The number of hydrogen-bond acceptors (Lipinski definition) is 7. The number of phenolic OH excluding ortho intramolecular Hbond substituents is 1. The van der Waals surface area contributed by atoms with Gasteiger partial charge in [-0.25, -0.2) is 0 Å². The number of carbonyl (C=O) groups is 1. The van der Waals surface area contributed by atoms with E-state index < -0.39 is 17.5 Å². The highest BCUT2D eigenvalue weighted by Crippen LogP contribution is 2.39. The van der Waals surface area contributed by atoms with Gasteiger partial charge in [0.05, 0.1) is 34.0 Å². The standard InChI is InChI=1S/C28H26F3NO6/c1-35-24-16-21(32-12-11-22(33)18-7-9-20(10-8-18)28(29,30)31)19(15-23(24)34)6-5-17-13-25(36-2)27(38-4)26(14-17)37-3/h5-16,32,34H,1-4H3. The van der Waals surface area contributed by atoms with Crippen LogP contribution in [0.5, 0.6) is 28.7 Å². The molecule has 10 heteroatoms. The maximum absolute atomic E-state index is 12.8. The van der Waals surface area contributed by atoms with Gasteiger partial charge in [0.25, 0.3) is 0 Å². The van der Waals surface area contributed by atoms with E-state index in [0.717, 1.165) is 24.3 Å². The average molecular weight is 530 g/mol. The number of alkyl halides is 3. The monoisotopic (exact) mass is 529 g/mol. The summed E-state index contributed by atoms with van der Waals surface area (Å²) in [6.07, 6.45) is 1.53. The molecule has 0 amide bonds. The largest absolute Gasteiger partial charge is 0.504 e. The second-order valence-corrected chi connectivity index (χ2v) is 7.82. The molecule has 0 spiro atoms. The summed E-state index contributed by atoms with van der Waals surface area (Å²) < 4.78 is 59.5. The highest BCUT2D eigenvalue weighted by molar-refractivity contribution is 6.04. The number of phenols is 1. The third-order valence-corrected chi connectivity index (χ3v) is 5.46. The number of nitrogens with one attached hydrogen (secondary N) is 1. The van der Waals surface area contributed by atoms with Gasteiger partial charge in [0, 0.05) is 35.2 Å². The molecule has 200 valence electrons. The molecule has 3 aromatic rings. The molecule has 0 fully saturated rings. The molecule has 0 aliphatic heterocycles. The smallest absolute Gasteiger partial charge is 0.416 e. The molecule has 0 saturated carbocycles. The Morgan fingerprint density at radius 3 is 1.97 bits per heavy atom. The summed E-state index contributed by atoms with van der Waals surface area (Å²) in [4.78, 5) is 12.4. The Hall–Kier alpha value is -4.60. The van der Waals surface area contributed by atoms with Gasteiger partial charge in [0.1, 0.15) is 0 Å². The van der Waals surface area contributed by atoms with Gasteiger partial charge >= 0.3 is 6.18 Å². The van der Waals surface area contributed by atoms with E-state index in [4.69, 9.17) is 18.9 Å².